The standard InChI is InChI=1S/C27H24ClN3O6S2/c28-21-7-5-20(6-8-21)26(33)31-12-11-27(15-25(32)30-34,39(35,36)14-13-31)24-10-9-23(38-24)19-3-1-18(2-4-19)22-16-29-17-37-22/h1-10,16-17,34H,11-15H2,(H,30,32). The molecule has 5 rings (SSSR count). The van der Waals surface area contributed by atoms with E-state index >= 15 is 0 Å². The molecule has 2 N–H and O–H groups in total. The van der Waals surface area contributed by atoms with E-state index in [0.717, 1.165) is 16.0 Å². The number of nitrogens with one attached hydrogen (secondary N) is 1. The van der Waals surface area contributed by atoms with Crippen molar-refractivity contribution >= 4 is 44.6 Å². The Morgan fingerprint density at radius 3 is 2.44 bits per heavy atom. The minimum atomic E-state index is -3.94. The SMILES string of the molecule is O=C(CC1(c2ccc(-c3ccc(-c4cnco4)cc3)s2)CCN(C(=O)c2ccc(Cl)cc2)CCS1(=O)=O)NO. The molecule has 202 valence electrons. The Morgan fingerprint density at radius 1 is 1.05 bits per heavy atom. The van der Waals surface area contributed by atoms with Crippen molar-refractivity contribution in [2.75, 3.05) is 18.8 Å². The number of oxazole rings is 1. The number of benzene rings is 2. The lowest BCUT2D eigenvalue weighted by atomic mass is 9.97. The molecule has 1 aliphatic rings. The van der Waals surface area contributed by atoms with Crippen LogP contribution in [0.15, 0.2) is 77.7 Å². The third kappa shape index (κ3) is 5.35. The Morgan fingerprint density at radius 2 is 1.77 bits per heavy atom. The highest BCUT2D eigenvalue weighted by Gasteiger charge is 2.50. The first kappa shape index (κ1) is 27.1. The van der Waals surface area contributed by atoms with Gasteiger partial charge in [0.2, 0.25) is 5.91 Å². The van der Waals surface area contributed by atoms with E-state index in [1.54, 1.807) is 42.0 Å². The van der Waals surface area contributed by atoms with Crippen LogP contribution >= 0.6 is 22.9 Å². The Labute approximate surface area is 233 Å². The quantitative estimate of drug-likeness (QED) is 0.246. The van der Waals surface area contributed by atoms with E-state index in [4.69, 9.17) is 16.0 Å². The number of hydrogen-bond donors (Lipinski definition) is 2. The maximum absolute atomic E-state index is 13.8. The fraction of sp³-hybridized carbons (Fsp3) is 0.222. The summed E-state index contributed by atoms with van der Waals surface area (Å²) in [5.41, 5.74) is 3.69. The molecule has 1 atom stereocenters. The predicted octanol–water partition coefficient (Wildman–Crippen LogP) is 4.78. The van der Waals surface area contributed by atoms with Crippen LogP contribution in [0.1, 0.15) is 28.1 Å². The van der Waals surface area contributed by atoms with Crippen molar-refractivity contribution in [3.63, 3.8) is 0 Å². The van der Waals surface area contributed by atoms with Gasteiger partial charge in [-0.3, -0.25) is 14.8 Å². The molecule has 12 heteroatoms. The van der Waals surface area contributed by atoms with Gasteiger partial charge in [-0.2, -0.15) is 0 Å². The molecule has 9 nitrogen and oxygen atoms in total. The summed E-state index contributed by atoms with van der Waals surface area (Å²) in [6, 6.07) is 17.5. The van der Waals surface area contributed by atoms with Crippen LogP contribution < -0.4 is 5.48 Å². The molecule has 1 saturated heterocycles. The van der Waals surface area contributed by atoms with Gasteiger partial charge in [-0.25, -0.2) is 18.9 Å². The zero-order valence-electron chi connectivity index (χ0n) is 20.5. The van der Waals surface area contributed by atoms with Gasteiger partial charge in [-0.15, -0.1) is 11.3 Å². The highest BCUT2D eigenvalue weighted by atomic mass is 35.5. The molecule has 1 aliphatic heterocycles. The lowest BCUT2D eigenvalue weighted by Crippen LogP contribution is -2.41. The Kier molecular flexibility index (Phi) is 7.59. The van der Waals surface area contributed by atoms with Gasteiger partial charge >= 0.3 is 0 Å². The number of hydroxylamine groups is 1. The fourth-order valence-corrected chi connectivity index (χ4v) is 8.48. The van der Waals surface area contributed by atoms with Crippen molar-refractivity contribution in [3.8, 4) is 21.8 Å². The topological polar surface area (TPSA) is 130 Å². The minimum absolute atomic E-state index is 0.00747. The van der Waals surface area contributed by atoms with Gasteiger partial charge in [0.1, 0.15) is 4.75 Å². The van der Waals surface area contributed by atoms with E-state index in [0.29, 0.717) is 21.2 Å². The maximum atomic E-state index is 13.8. The number of amides is 2. The van der Waals surface area contributed by atoms with Gasteiger partial charge in [0.25, 0.3) is 5.91 Å². The number of nitrogens with zero attached hydrogens (tertiary/aromatic N) is 2. The third-order valence-electron chi connectivity index (χ3n) is 6.90. The summed E-state index contributed by atoms with van der Waals surface area (Å²) in [6.45, 7) is 0.0894. The number of aromatic nitrogens is 1. The van der Waals surface area contributed by atoms with E-state index in [1.165, 1.54) is 22.6 Å². The molecule has 2 amide bonds. The number of thiophene rings is 1. The molecule has 0 spiro atoms. The summed E-state index contributed by atoms with van der Waals surface area (Å²) in [6.07, 6.45) is 2.49. The average molecular weight is 586 g/mol. The zero-order chi connectivity index (χ0) is 27.6. The maximum Gasteiger partial charge on any atom is 0.253 e. The second kappa shape index (κ2) is 10.9. The van der Waals surface area contributed by atoms with Gasteiger partial charge in [0, 0.05) is 39.0 Å². The van der Waals surface area contributed by atoms with Crippen LogP contribution in [-0.2, 0) is 19.4 Å². The smallest absolute Gasteiger partial charge is 0.253 e. The number of carbonyl (C=O) groups excluding carboxylic acids is 2. The molecule has 0 bridgehead atoms. The Bertz CT molecular complexity index is 1590. The number of carbonyl (C=O) groups is 2. The molecule has 4 aromatic rings. The van der Waals surface area contributed by atoms with Gasteiger partial charge in [0.05, 0.1) is 18.4 Å². The second-order valence-corrected chi connectivity index (χ2v) is 13.1. The third-order valence-corrected chi connectivity index (χ3v) is 11.1. The van der Waals surface area contributed by atoms with Crippen molar-refractivity contribution in [1.82, 2.24) is 15.4 Å². The first-order valence-electron chi connectivity index (χ1n) is 12.0. The number of rotatable bonds is 6. The van der Waals surface area contributed by atoms with Crippen molar-refractivity contribution in [2.45, 2.75) is 17.6 Å². The largest absolute Gasteiger partial charge is 0.444 e. The summed E-state index contributed by atoms with van der Waals surface area (Å²) >= 11 is 7.21. The molecule has 0 aliphatic carbocycles. The summed E-state index contributed by atoms with van der Waals surface area (Å²) in [4.78, 5) is 32.3. The summed E-state index contributed by atoms with van der Waals surface area (Å²) < 4.78 is 31.4. The first-order valence-corrected chi connectivity index (χ1v) is 14.9. The normalized spacial score (nSPS) is 18.9. The monoisotopic (exact) mass is 585 g/mol. The van der Waals surface area contributed by atoms with Gasteiger partial charge in [0.15, 0.2) is 22.0 Å². The molecule has 1 unspecified atom stereocenters. The Hall–Kier alpha value is -3.51. The molecule has 39 heavy (non-hydrogen) atoms. The van der Waals surface area contributed by atoms with Gasteiger partial charge in [-0.05, 0) is 48.4 Å². The van der Waals surface area contributed by atoms with Crippen LogP contribution in [-0.4, -0.2) is 54.2 Å². The van der Waals surface area contributed by atoms with Crippen LogP contribution in [0.25, 0.3) is 21.8 Å². The highest BCUT2D eigenvalue weighted by molar-refractivity contribution is 7.92. The summed E-state index contributed by atoms with van der Waals surface area (Å²) in [7, 11) is -3.94. The molecule has 0 radical (unpaired) electrons. The van der Waals surface area contributed by atoms with E-state index in [9.17, 15) is 23.2 Å². The van der Waals surface area contributed by atoms with Crippen molar-refractivity contribution in [1.29, 1.82) is 0 Å². The van der Waals surface area contributed by atoms with Gasteiger partial charge in [-0.1, -0.05) is 35.9 Å². The van der Waals surface area contributed by atoms with Crippen LogP contribution in [0.5, 0.6) is 0 Å². The first-order chi connectivity index (χ1) is 18.7. The second-order valence-electron chi connectivity index (χ2n) is 9.18. The van der Waals surface area contributed by atoms with Crippen LogP contribution in [0, 0.1) is 0 Å². The van der Waals surface area contributed by atoms with Crippen molar-refractivity contribution in [3.05, 3.63) is 88.7 Å². The lowest BCUT2D eigenvalue weighted by Gasteiger charge is -2.30. The minimum Gasteiger partial charge on any atom is -0.444 e. The number of hydrogen-bond acceptors (Lipinski definition) is 8. The van der Waals surface area contributed by atoms with E-state index < -0.39 is 26.9 Å². The van der Waals surface area contributed by atoms with E-state index in [2.05, 4.69) is 4.98 Å². The van der Waals surface area contributed by atoms with Crippen LogP contribution in [0.3, 0.4) is 0 Å². The van der Waals surface area contributed by atoms with E-state index in [-0.39, 0.29) is 31.2 Å². The highest BCUT2D eigenvalue weighted by Crippen LogP contribution is 2.45. The molecule has 3 heterocycles. The molecular weight excluding hydrogens is 562 g/mol. The van der Waals surface area contributed by atoms with E-state index in [1.807, 2.05) is 30.3 Å². The summed E-state index contributed by atoms with van der Waals surface area (Å²) in [5, 5.41) is 9.77. The molecular formula is C27H24ClN3O6S2. The number of sulfone groups is 1. The molecule has 0 saturated carbocycles. The van der Waals surface area contributed by atoms with Crippen molar-refractivity contribution < 1.29 is 27.6 Å². The average Bonchev–Trinajstić information content (AvgIpc) is 3.63. The molecule has 2 aromatic heterocycles. The number of halogens is 1. The van der Waals surface area contributed by atoms with Crippen LogP contribution in [0.4, 0.5) is 0 Å². The molecule has 1 fully saturated rings. The zero-order valence-corrected chi connectivity index (χ0v) is 22.9. The Balaban J connectivity index is 1.47. The van der Waals surface area contributed by atoms with Crippen LogP contribution in [0.2, 0.25) is 5.02 Å². The fourth-order valence-electron chi connectivity index (χ4n) is 4.74. The lowest BCUT2D eigenvalue weighted by molar-refractivity contribution is -0.129. The van der Waals surface area contributed by atoms with Gasteiger partial charge < -0.3 is 9.32 Å². The predicted molar refractivity (Wildman–Crippen MR) is 147 cm³/mol. The van der Waals surface area contributed by atoms with Crippen molar-refractivity contribution in [2.24, 2.45) is 0 Å². The summed E-state index contributed by atoms with van der Waals surface area (Å²) in [5.74, 6) is -0.834. The molecule has 2 aromatic carbocycles.